The van der Waals surface area contributed by atoms with E-state index >= 15 is 0 Å². The molecule has 2 aromatic carbocycles. The number of fused-ring (bicyclic) bond motifs is 2. The Balaban J connectivity index is 1.18. The third kappa shape index (κ3) is 3.35. The lowest BCUT2D eigenvalue weighted by molar-refractivity contribution is -0.215. The Bertz CT molecular complexity index is 849. The number of rotatable bonds is 3. The molecular weight excluding hydrogens is 352 g/mol. The number of anilines is 1. The molecule has 146 valence electrons. The monoisotopic (exact) mass is 378 g/mol. The predicted molar refractivity (Wildman–Crippen MR) is 107 cm³/mol. The van der Waals surface area contributed by atoms with Gasteiger partial charge in [0, 0.05) is 50.3 Å². The summed E-state index contributed by atoms with van der Waals surface area (Å²) in [5, 5.41) is 0. The molecule has 1 aliphatic carbocycles. The van der Waals surface area contributed by atoms with Gasteiger partial charge in [-0.15, -0.1) is 0 Å². The molecule has 28 heavy (non-hydrogen) atoms. The number of piperazine rings is 1. The van der Waals surface area contributed by atoms with Crippen molar-refractivity contribution >= 4 is 11.6 Å². The summed E-state index contributed by atoms with van der Waals surface area (Å²) in [6, 6.07) is 14.7. The Labute approximate surface area is 165 Å². The van der Waals surface area contributed by atoms with Crippen molar-refractivity contribution in [3.63, 3.8) is 0 Å². The van der Waals surface area contributed by atoms with Crippen LogP contribution < -0.4 is 9.79 Å². The van der Waals surface area contributed by atoms with Crippen molar-refractivity contribution in [2.24, 2.45) is 5.92 Å². The Hall–Kier alpha value is -2.53. The molecule has 5 rings (SSSR count). The quantitative estimate of drug-likeness (QED) is 0.770. The molecule has 0 N–H and O–H groups in total. The first-order valence-corrected chi connectivity index (χ1v) is 10.3. The molecule has 5 nitrogen and oxygen atoms in total. The minimum Gasteiger partial charge on any atom is -0.368 e. The van der Waals surface area contributed by atoms with Gasteiger partial charge in [-0.3, -0.25) is 4.79 Å². The number of benzene rings is 2. The van der Waals surface area contributed by atoms with Crippen LogP contribution in [-0.4, -0.2) is 43.6 Å². The molecule has 1 amide bonds. The van der Waals surface area contributed by atoms with Gasteiger partial charge in [0.25, 0.3) is 0 Å². The van der Waals surface area contributed by atoms with Gasteiger partial charge in [-0.05, 0) is 42.0 Å². The maximum absolute atomic E-state index is 12.9. The Morgan fingerprint density at radius 3 is 2.46 bits per heavy atom. The first-order chi connectivity index (χ1) is 13.8. The largest absolute Gasteiger partial charge is 0.368 e. The topological polar surface area (TPSA) is 42.0 Å². The molecule has 0 atom stereocenters. The van der Waals surface area contributed by atoms with E-state index in [1.54, 1.807) is 0 Å². The van der Waals surface area contributed by atoms with Crippen LogP contribution >= 0.6 is 0 Å². The van der Waals surface area contributed by atoms with Crippen molar-refractivity contribution in [2.75, 3.05) is 37.7 Å². The Morgan fingerprint density at radius 2 is 1.71 bits per heavy atom. The smallest absolute Gasteiger partial charge is 0.222 e. The van der Waals surface area contributed by atoms with Crippen LogP contribution in [0.25, 0.3) is 0 Å². The predicted octanol–water partition coefficient (Wildman–Crippen LogP) is 3.01. The number of hydrogen-bond acceptors (Lipinski definition) is 4. The summed E-state index contributed by atoms with van der Waals surface area (Å²) in [5.74, 6) is 1.59. The van der Waals surface area contributed by atoms with Gasteiger partial charge in [0.2, 0.25) is 5.91 Å². The van der Waals surface area contributed by atoms with E-state index in [1.165, 1.54) is 22.4 Å². The fourth-order valence-electron chi connectivity index (χ4n) is 4.80. The summed E-state index contributed by atoms with van der Waals surface area (Å²) < 4.78 is 0. The first-order valence-electron chi connectivity index (χ1n) is 10.3. The van der Waals surface area contributed by atoms with E-state index in [0.29, 0.717) is 24.9 Å². The van der Waals surface area contributed by atoms with Gasteiger partial charge in [-0.2, -0.15) is 4.89 Å². The highest BCUT2D eigenvalue weighted by molar-refractivity contribution is 5.77. The lowest BCUT2D eigenvalue weighted by atomic mass is 10.0. The zero-order valence-electron chi connectivity index (χ0n) is 16.1. The van der Waals surface area contributed by atoms with Crippen LogP contribution in [0, 0.1) is 5.92 Å². The average Bonchev–Trinajstić information content (AvgIpc) is 3.16. The highest BCUT2D eigenvalue weighted by atomic mass is 17.2. The van der Waals surface area contributed by atoms with E-state index < -0.39 is 0 Å². The molecule has 2 aliphatic heterocycles. The zero-order valence-corrected chi connectivity index (χ0v) is 16.1. The molecule has 5 heteroatoms. The van der Waals surface area contributed by atoms with Gasteiger partial charge in [0.05, 0.1) is 6.61 Å². The lowest BCUT2D eigenvalue weighted by Crippen LogP contribution is -2.49. The summed E-state index contributed by atoms with van der Waals surface area (Å²) in [6.07, 6.45) is 3.62. The third-order valence-electron chi connectivity index (χ3n) is 6.26. The number of carbonyl (C=O) groups is 1. The van der Waals surface area contributed by atoms with Crippen molar-refractivity contribution in [3.05, 3.63) is 59.2 Å². The van der Waals surface area contributed by atoms with E-state index in [4.69, 9.17) is 9.78 Å². The molecule has 0 radical (unpaired) electrons. The highest BCUT2D eigenvalue weighted by Crippen LogP contribution is 2.33. The maximum Gasteiger partial charge on any atom is 0.222 e. The van der Waals surface area contributed by atoms with Crippen molar-refractivity contribution in [2.45, 2.75) is 25.7 Å². The molecule has 2 heterocycles. The highest BCUT2D eigenvalue weighted by Gasteiger charge is 2.28. The van der Waals surface area contributed by atoms with Gasteiger partial charge < -0.3 is 14.7 Å². The van der Waals surface area contributed by atoms with Crippen LogP contribution in [-0.2, 0) is 28.9 Å². The van der Waals surface area contributed by atoms with Crippen LogP contribution in [0.15, 0.2) is 42.5 Å². The summed E-state index contributed by atoms with van der Waals surface area (Å²) in [6.45, 7) is 3.91. The van der Waals surface area contributed by atoms with Crippen molar-refractivity contribution in [3.8, 4) is 5.75 Å². The summed E-state index contributed by atoms with van der Waals surface area (Å²) >= 11 is 0. The standard InChI is InChI=1S/C23H26N2O3/c26-23(16-17-14-18-4-1-2-5-19(18)15-17)25-11-9-24(10-12-25)21-6-3-7-22-20(21)8-13-27-28-22/h1-7,17H,8-16H2. The Kier molecular flexibility index (Phi) is 4.69. The zero-order chi connectivity index (χ0) is 18.9. The van der Waals surface area contributed by atoms with E-state index in [2.05, 4.69) is 40.1 Å². The lowest BCUT2D eigenvalue weighted by Gasteiger charge is -2.38. The second kappa shape index (κ2) is 7.47. The van der Waals surface area contributed by atoms with Gasteiger partial charge in [-0.1, -0.05) is 30.3 Å². The number of amides is 1. The van der Waals surface area contributed by atoms with Gasteiger partial charge >= 0.3 is 0 Å². The SMILES string of the molecule is O=C(CC1Cc2ccccc2C1)N1CCN(c2cccc3c2CCOO3)CC1. The van der Waals surface area contributed by atoms with Crippen LogP contribution in [0.5, 0.6) is 5.75 Å². The molecule has 0 saturated carbocycles. The Morgan fingerprint density at radius 1 is 0.964 bits per heavy atom. The number of carbonyl (C=O) groups excluding carboxylic acids is 1. The van der Waals surface area contributed by atoms with Crippen LogP contribution in [0.3, 0.4) is 0 Å². The summed E-state index contributed by atoms with van der Waals surface area (Å²) in [5.41, 5.74) is 5.28. The van der Waals surface area contributed by atoms with Gasteiger partial charge in [0.1, 0.15) is 0 Å². The van der Waals surface area contributed by atoms with E-state index in [1.807, 2.05) is 12.1 Å². The van der Waals surface area contributed by atoms with Crippen LogP contribution in [0.1, 0.15) is 23.1 Å². The van der Waals surface area contributed by atoms with Crippen molar-refractivity contribution < 1.29 is 14.6 Å². The molecule has 3 aliphatic rings. The third-order valence-corrected chi connectivity index (χ3v) is 6.26. The second-order valence-electron chi connectivity index (χ2n) is 8.02. The van der Waals surface area contributed by atoms with Crippen molar-refractivity contribution in [1.82, 2.24) is 4.90 Å². The average molecular weight is 378 g/mol. The first kappa shape index (κ1) is 17.6. The molecule has 0 aromatic heterocycles. The van der Waals surface area contributed by atoms with Gasteiger partial charge in [-0.25, -0.2) is 0 Å². The summed E-state index contributed by atoms with van der Waals surface area (Å²) in [4.78, 5) is 27.7. The maximum atomic E-state index is 12.9. The number of hydrogen-bond donors (Lipinski definition) is 0. The molecule has 1 fully saturated rings. The second-order valence-corrected chi connectivity index (χ2v) is 8.02. The fourth-order valence-corrected chi connectivity index (χ4v) is 4.80. The minimum absolute atomic E-state index is 0.310. The van der Waals surface area contributed by atoms with E-state index in [-0.39, 0.29) is 0 Å². The number of nitrogens with zero attached hydrogens (tertiary/aromatic N) is 2. The van der Waals surface area contributed by atoms with E-state index in [0.717, 1.165) is 51.2 Å². The van der Waals surface area contributed by atoms with Gasteiger partial charge in [0.15, 0.2) is 5.75 Å². The molecule has 0 unspecified atom stereocenters. The molecule has 1 saturated heterocycles. The van der Waals surface area contributed by atoms with Crippen LogP contribution in [0.4, 0.5) is 5.69 Å². The minimum atomic E-state index is 0.310. The molecular formula is C23H26N2O3. The molecule has 0 spiro atoms. The van der Waals surface area contributed by atoms with Crippen LogP contribution in [0.2, 0.25) is 0 Å². The van der Waals surface area contributed by atoms with Crippen molar-refractivity contribution in [1.29, 1.82) is 0 Å². The fraction of sp³-hybridized carbons (Fsp3) is 0.435. The molecule has 2 aromatic rings. The molecule has 0 bridgehead atoms. The normalized spacial score (nSPS) is 19.1. The van der Waals surface area contributed by atoms with E-state index in [9.17, 15) is 4.79 Å². The summed E-state index contributed by atoms with van der Waals surface area (Å²) in [7, 11) is 0.